The van der Waals surface area contributed by atoms with Crippen LogP contribution in [0, 0.1) is 5.92 Å². The fraction of sp³-hybridized carbons (Fsp3) is 0.429. The van der Waals surface area contributed by atoms with Gasteiger partial charge in [0.1, 0.15) is 0 Å². The van der Waals surface area contributed by atoms with E-state index in [1.807, 2.05) is 6.07 Å². The Morgan fingerprint density at radius 3 is 2.86 bits per heavy atom. The topological polar surface area (TPSA) is 75.4 Å². The summed E-state index contributed by atoms with van der Waals surface area (Å²) in [6.07, 6.45) is 0.00649. The van der Waals surface area contributed by atoms with Crippen LogP contribution in [0.5, 0.6) is 0 Å². The van der Waals surface area contributed by atoms with Crippen LogP contribution < -0.4 is 16.0 Å². The van der Waals surface area contributed by atoms with Gasteiger partial charge in [-0.05, 0) is 18.2 Å². The van der Waals surface area contributed by atoms with Crippen LogP contribution >= 0.6 is 15.9 Å². The Labute approximate surface area is 135 Å². The molecule has 0 aromatic heterocycles. The summed E-state index contributed by atoms with van der Waals surface area (Å²) in [5.74, 6) is -4.54. The van der Waals surface area contributed by atoms with E-state index >= 15 is 0 Å². The van der Waals surface area contributed by atoms with Crippen molar-refractivity contribution in [1.82, 2.24) is 5.32 Å². The first-order chi connectivity index (χ1) is 10.3. The summed E-state index contributed by atoms with van der Waals surface area (Å²) in [5.41, 5.74) is 5.58. The lowest BCUT2D eigenvalue weighted by molar-refractivity contribution is -0.127. The van der Waals surface area contributed by atoms with Gasteiger partial charge in [-0.2, -0.15) is 0 Å². The van der Waals surface area contributed by atoms with Gasteiger partial charge in [-0.3, -0.25) is 9.59 Å². The van der Waals surface area contributed by atoms with Crippen LogP contribution in [0.1, 0.15) is 6.42 Å². The molecule has 1 atom stereocenters. The molecule has 1 unspecified atom stereocenters. The number of carbonyl (C=O) groups is 2. The molecule has 8 heteroatoms. The van der Waals surface area contributed by atoms with Gasteiger partial charge >= 0.3 is 0 Å². The van der Waals surface area contributed by atoms with Gasteiger partial charge in [0.15, 0.2) is 0 Å². The number of hydrogen-bond acceptors (Lipinski definition) is 3. The largest absolute Gasteiger partial charge is 0.350 e. The molecule has 0 aliphatic carbocycles. The third kappa shape index (κ3) is 4.01. The number of halogens is 3. The van der Waals surface area contributed by atoms with Gasteiger partial charge in [0.2, 0.25) is 11.8 Å². The molecule has 1 aromatic rings. The molecular formula is C14H16BrF2N3O2. The van der Waals surface area contributed by atoms with Crippen molar-refractivity contribution < 1.29 is 18.4 Å². The predicted octanol–water partition coefficient (Wildman–Crippen LogP) is 1.51. The molecule has 2 amide bonds. The highest BCUT2D eigenvalue weighted by atomic mass is 79.9. The summed E-state index contributed by atoms with van der Waals surface area (Å²) in [6, 6.07) is 7.12. The maximum atomic E-state index is 13.0. The second-order valence-electron chi connectivity index (χ2n) is 5.16. The van der Waals surface area contributed by atoms with E-state index in [1.54, 1.807) is 18.2 Å². The van der Waals surface area contributed by atoms with E-state index in [1.165, 1.54) is 4.90 Å². The zero-order valence-corrected chi connectivity index (χ0v) is 13.3. The molecule has 22 heavy (non-hydrogen) atoms. The molecule has 120 valence electrons. The van der Waals surface area contributed by atoms with Gasteiger partial charge in [-0.15, -0.1) is 0 Å². The molecule has 0 radical (unpaired) electrons. The van der Waals surface area contributed by atoms with E-state index in [0.717, 1.165) is 4.47 Å². The summed E-state index contributed by atoms with van der Waals surface area (Å²) >= 11 is 3.32. The number of benzene rings is 1. The van der Waals surface area contributed by atoms with Crippen LogP contribution in [0.3, 0.4) is 0 Å². The van der Waals surface area contributed by atoms with E-state index in [9.17, 15) is 18.4 Å². The molecule has 3 N–H and O–H groups in total. The number of alkyl halides is 2. The summed E-state index contributed by atoms with van der Waals surface area (Å²) in [4.78, 5) is 25.4. The number of nitrogens with two attached hydrogens (primary N) is 1. The fourth-order valence-electron chi connectivity index (χ4n) is 2.21. The van der Waals surface area contributed by atoms with Gasteiger partial charge in [-0.1, -0.05) is 22.0 Å². The maximum Gasteiger partial charge on any atom is 0.277 e. The van der Waals surface area contributed by atoms with Gasteiger partial charge in [-0.25, -0.2) is 8.78 Å². The Morgan fingerprint density at radius 1 is 1.50 bits per heavy atom. The van der Waals surface area contributed by atoms with Crippen LogP contribution in [-0.4, -0.2) is 37.4 Å². The first-order valence-electron chi connectivity index (χ1n) is 6.74. The number of carbonyl (C=O) groups excluding carboxylic acids is 2. The Morgan fingerprint density at radius 2 is 2.23 bits per heavy atom. The molecule has 1 aliphatic heterocycles. The number of rotatable bonds is 5. The van der Waals surface area contributed by atoms with Crippen LogP contribution in [0.25, 0.3) is 0 Å². The Hall–Kier alpha value is -1.54. The zero-order valence-electron chi connectivity index (χ0n) is 11.7. The van der Waals surface area contributed by atoms with Crippen molar-refractivity contribution in [2.24, 2.45) is 11.7 Å². The van der Waals surface area contributed by atoms with E-state index in [-0.39, 0.29) is 18.9 Å². The van der Waals surface area contributed by atoms with E-state index in [0.29, 0.717) is 5.69 Å². The Balaban J connectivity index is 1.98. The standard InChI is InChI=1S/C14H16BrF2N3O2/c15-10-2-1-3-11(5-10)20-6-9(4-12(20)21)13(22)19-8-14(16,17)7-18/h1-3,5,9H,4,6-8,18H2,(H,19,22). The molecule has 0 spiro atoms. The summed E-state index contributed by atoms with van der Waals surface area (Å²) in [6.45, 7) is -1.47. The molecule has 5 nitrogen and oxygen atoms in total. The number of amides is 2. The average Bonchev–Trinajstić information content (AvgIpc) is 2.87. The highest BCUT2D eigenvalue weighted by Gasteiger charge is 2.36. The highest BCUT2D eigenvalue weighted by Crippen LogP contribution is 2.27. The van der Waals surface area contributed by atoms with Gasteiger partial charge < -0.3 is 16.0 Å². The van der Waals surface area contributed by atoms with Crippen LogP contribution in [0.2, 0.25) is 0 Å². The van der Waals surface area contributed by atoms with Crippen molar-refractivity contribution in [3.05, 3.63) is 28.7 Å². The minimum Gasteiger partial charge on any atom is -0.350 e. The third-order valence-electron chi connectivity index (χ3n) is 3.44. The molecule has 0 bridgehead atoms. The molecular weight excluding hydrogens is 360 g/mol. The molecule has 1 fully saturated rings. The minimum atomic E-state index is -3.14. The van der Waals surface area contributed by atoms with Crippen LogP contribution in [-0.2, 0) is 9.59 Å². The lowest BCUT2D eigenvalue weighted by Gasteiger charge is -2.18. The van der Waals surface area contributed by atoms with Crippen molar-refractivity contribution in [3.63, 3.8) is 0 Å². The molecule has 2 rings (SSSR count). The summed E-state index contributed by atoms with van der Waals surface area (Å²) in [5, 5.41) is 2.16. The predicted molar refractivity (Wildman–Crippen MR) is 81.6 cm³/mol. The lowest BCUT2D eigenvalue weighted by atomic mass is 10.1. The van der Waals surface area contributed by atoms with E-state index in [4.69, 9.17) is 5.73 Å². The summed E-state index contributed by atoms with van der Waals surface area (Å²) in [7, 11) is 0. The normalized spacial score (nSPS) is 18.6. The third-order valence-corrected chi connectivity index (χ3v) is 3.93. The molecule has 1 aliphatic rings. The SMILES string of the molecule is NCC(F)(F)CNC(=O)C1CC(=O)N(c2cccc(Br)c2)C1. The molecule has 1 heterocycles. The highest BCUT2D eigenvalue weighted by molar-refractivity contribution is 9.10. The van der Waals surface area contributed by atoms with Crippen molar-refractivity contribution >= 4 is 33.4 Å². The van der Waals surface area contributed by atoms with Gasteiger partial charge in [0.05, 0.1) is 19.0 Å². The molecule has 1 saturated heterocycles. The Kier molecular flexibility index (Phi) is 5.12. The number of hydrogen-bond donors (Lipinski definition) is 2. The fourth-order valence-corrected chi connectivity index (χ4v) is 2.60. The second-order valence-corrected chi connectivity index (χ2v) is 6.08. The smallest absolute Gasteiger partial charge is 0.277 e. The summed E-state index contributed by atoms with van der Waals surface area (Å²) < 4.78 is 26.9. The molecule has 0 saturated carbocycles. The second kappa shape index (κ2) is 6.70. The Bertz CT molecular complexity index is 583. The first kappa shape index (κ1) is 16.8. The molecule has 1 aromatic carbocycles. The van der Waals surface area contributed by atoms with Gasteiger partial charge in [0.25, 0.3) is 5.92 Å². The number of nitrogens with zero attached hydrogens (tertiary/aromatic N) is 1. The van der Waals surface area contributed by atoms with E-state index in [2.05, 4.69) is 21.2 Å². The monoisotopic (exact) mass is 375 g/mol. The lowest BCUT2D eigenvalue weighted by Crippen LogP contribution is -2.44. The minimum absolute atomic E-state index is 0.00649. The van der Waals surface area contributed by atoms with Crippen molar-refractivity contribution in [2.45, 2.75) is 12.3 Å². The van der Waals surface area contributed by atoms with Crippen molar-refractivity contribution in [2.75, 3.05) is 24.5 Å². The van der Waals surface area contributed by atoms with Crippen molar-refractivity contribution in [1.29, 1.82) is 0 Å². The van der Waals surface area contributed by atoms with Gasteiger partial charge in [0, 0.05) is 23.1 Å². The van der Waals surface area contributed by atoms with E-state index < -0.39 is 30.8 Å². The van der Waals surface area contributed by atoms with Crippen LogP contribution in [0.15, 0.2) is 28.7 Å². The van der Waals surface area contributed by atoms with Crippen molar-refractivity contribution in [3.8, 4) is 0 Å². The zero-order chi connectivity index (χ0) is 16.3. The number of anilines is 1. The average molecular weight is 376 g/mol. The van der Waals surface area contributed by atoms with Crippen LogP contribution in [0.4, 0.5) is 14.5 Å². The number of nitrogens with one attached hydrogen (secondary N) is 1. The maximum absolute atomic E-state index is 13.0. The first-order valence-corrected chi connectivity index (χ1v) is 7.53. The quantitative estimate of drug-likeness (QED) is 0.818.